The van der Waals surface area contributed by atoms with Crippen LogP contribution < -0.4 is 10.1 Å². The molecule has 1 heterocycles. The minimum atomic E-state index is 0.365. The first-order chi connectivity index (χ1) is 6.16. The molecule has 68 valence electrons. The molecule has 0 bridgehead atoms. The van der Waals surface area contributed by atoms with Gasteiger partial charge in [-0.15, -0.1) is 0 Å². The first-order valence-corrected chi connectivity index (χ1v) is 4.75. The van der Waals surface area contributed by atoms with E-state index in [0.29, 0.717) is 27.4 Å². The summed E-state index contributed by atoms with van der Waals surface area (Å²) in [6.45, 7) is 0.365. The first kappa shape index (κ1) is 9.06. The van der Waals surface area contributed by atoms with Crippen LogP contribution in [0.15, 0.2) is 12.1 Å². The molecule has 0 fully saturated rings. The second-order valence-electron chi connectivity index (χ2n) is 2.60. The number of thiocarbonyl (C=S) groups is 1. The molecule has 1 aromatic rings. The maximum Gasteiger partial charge on any atom is 0.162 e. The van der Waals surface area contributed by atoms with Crippen molar-refractivity contribution < 1.29 is 4.74 Å². The molecule has 0 amide bonds. The highest BCUT2D eigenvalue weighted by Gasteiger charge is 2.16. The molecule has 0 saturated carbocycles. The van der Waals surface area contributed by atoms with Crippen molar-refractivity contribution in [3.05, 3.63) is 22.2 Å². The molecule has 1 aromatic carbocycles. The van der Waals surface area contributed by atoms with Crippen LogP contribution in [0.4, 0.5) is 5.69 Å². The highest BCUT2D eigenvalue weighted by molar-refractivity contribution is 7.80. The summed E-state index contributed by atoms with van der Waals surface area (Å²) in [5.74, 6) is 0.611. The summed E-state index contributed by atoms with van der Waals surface area (Å²) < 4.78 is 5.33. The van der Waals surface area contributed by atoms with Crippen LogP contribution in [0.5, 0.6) is 5.75 Å². The van der Waals surface area contributed by atoms with Gasteiger partial charge in [-0.25, -0.2) is 0 Å². The normalized spacial score (nSPS) is 14.5. The lowest BCUT2D eigenvalue weighted by Crippen LogP contribution is -2.23. The smallest absolute Gasteiger partial charge is 0.162 e. The van der Waals surface area contributed by atoms with Crippen LogP contribution in [-0.4, -0.2) is 11.6 Å². The number of anilines is 1. The highest BCUT2D eigenvalue weighted by Crippen LogP contribution is 2.37. The maximum absolute atomic E-state index is 5.90. The number of halogens is 2. The highest BCUT2D eigenvalue weighted by atomic mass is 35.5. The summed E-state index contributed by atoms with van der Waals surface area (Å²) >= 11 is 16.7. The van der Waals surface area contributed by atoms with Gasteiger partial charge in [-0.1, -0.05) is 35.4 Å². The van der Waals surface area contributed by atoms with E-state index in [4.69, 9.17) is 40.2 Å². The van der Waals surface area contributed by atoms with E-state index in [-0.39, 0.29) is 0 Å². The average Bonchev–Trinajstić information content (AvgIpc) is 2.02. The molecular formula is C8H5Cl2NOS. The Kier molecular flexibility index (Phi) is 2.32. The molecule has 5 heteroatoms. The van der Waals surface area contributed by atoms with Crippen molar-refractivity contribution >= 4 is 46.1 Å². The van der Waals surface area contributed by atoms with Gasteiger partial charge in [0.2, 0.25) is 0 Å². The quantitative estimate of drug-likeness (QED) is 0.697. The van der Waals surface area contributed by atoms with Gasteiger partial charge in [0.05, 0.1) is 10.7 Å². The number of nitrogens with one attached hydrogen (secondary N) is 1. The minimum absolute atomic E-state index is 0.365. The van der Waals surface area contributed by atoms with Crippen LogP contribution in [0.1, 0.15) is 0 Å². The number of hydrogen-bond donors (Lipinski definition) is 1. The largest absolute Gasteiger partial charge is 0.483 e. The molecule has 2 nitrogen and oxygen atoms in total. The van der Waals surface area contributed by atoms with Crippen molar-refractivity contribution in [3.8, 4) is 5.75 Å². The Labute approximate surface area is 90.8 Å². The van der Waals surface area contributed by atoms with Crippen molar-refractivity contribution in [2.24, 2.45) is 0 Å². The lowest BCUT2D eigenvalue weighted by atomic mass is 10.2. The first-order valence-electron chi connectivity index (χ1n) is 3.58. The molecule has 0 saturated heterocycles. The van der Waals surface area contributed by atoms with Crippen LogP contribution >= 0.6 is 35.4 Å². The van der Waals surface area contributed by atoms with Gasteiger partial charge in [0.1, 0.15) is 11.6 Å². The Bertz CT molecular complexity index is 381. The van der Waals surface area contributed by atoms with E-state index in [1.54, 1.807) is 12.1 Å². The fraction of sp³-hybridized carbons (Fsp3) is 0.125. The Morgan fingerprint density at radius 2 is 2.15 bits per heavy atom. The molecule has 0 unspecified atom stereocenters. The van der Waals surface area contributed by atoms with E-state index in [1.807, 2.05) is 0 Å². The van der Waals surface area contributed by atoms with Crippen LogP contribution in [0.3, 0.4) is 0 Å². The lowest BCUT2D eigenvalue weighted by molar-refractivity contribution is 0.375. The van der Waals surface area contributed by atoms with Gasteiger partial charge >= 0.3 is 0 Å². The number of hydrogen-bond acceptors (Lipinski definition) is 2. The van der Waals surface area contributed by atoms with Gasteiger partial charge in [0.15, 0.2) is 5.75 Å². The van der Waals surface area contributed by atoms with E-state index in [1.165, 1.54) is 0 Å². The average molecular weight is 234 g/mol. The molecule has 0 aliphatic carbocycles. The van der Waals surface area contributed by atoms with Crippen molar-refractivity contribution in [2.45, 2.75) is 0 Å². The molecule has 0 atom stereocenters. The zero-order valence-corrected chi connectivity index (χ0v) is 8.76. The van der Waals surface area contributed by atoms with Crippen molar-refractivity contribution in [1.82, 2.24) is 0 Å². The van der Waals surface area contributed by atoms with E-state index in [9.17, 15) is 0 Å². The Balaban J connectivity index is 2.53. The Morgan fingerprint density at radius 1 is 1.38 bits per heavy atom. The summed E-state index contributed by atoms with van der Waals surface area (Å²) in [5, 5.41) is 4.04. The van der Waals surface area contributed by atoms with Gasteiger partial charge in [-0.2, -0.15) is 0 Å². The molecule has 0 radical (unpaired) electrons. The van der Waals surface area contributed by atoms with Gasteiger partial charge in [-0.05, 0) is 12.1 Å². The second-order valence-corrected chi connectivity index (χ2v) is 3.94. The van der Waals surface area contributed by atoms with E-state index >= 15 is 0 Å². The number of benzene rings is 1. The topological polar surface area (TPSA) is 21.3 Å². The number of fused-ring (bicyclic) bond motifs is 1. The number of rotatable bonds is 0. The molecule has 0 aromatic heterocycles. The van der Waals surface area contributed by atoms with E-state index in [2.05, 4.69) is 5.32 Å². The van der Waals surface area contributed by atoms with Crippen molar-refractivity contribution in [1.29, 1.82) is 0 Å². The van der Waals surface area contributed by atoms with Gasteiger partial charge < -0.3 is 10.1 Å². The molecule has 1 N–H and O–H groups in total. The summed E-state index contributed by atoms with van der Waals surface area (Å²) in [6, 6.07) is 3.37. The SMILES string of the molecule is S=C1COc2c(Cl)cc(Cl)cc2N1. The van der Waals surface area contributed by atoms with Gasteiger partial charge in [0, 0.05) is 5.02 Å². The maximum atomic E-state index is 5.90. The molecule has 2 rings (SSSR count). The Morgan fingerprint density at radius 3 is 2.92 bits per heavy atom. The van der Waals surface area contributed by atoms with Crippen LogP contribution in [-0.2, 0) is 0 Å². The monoisotopic (exact) mass is 233 g/mol. The van der Waals surface area contributed by atoms with Gasteiger partial charge in [-0.3, -0.25) is 0 Å². The summed E-state index contributed by atoms with van der Waals surface area (Å²) in [5.41, 5.74) is 0.730. The minimum Gasteiger partial charge on any atom is -0.483 e. The summed E-state index contributed by atoms with van der Waals surface area (Å²) in [7, 11) is 0. The molecular weight excluding hydrogens is 229 g/mol. The standard InChI is InChI=1S/C8H5Cl2NOS/c9-4-1-5(10)8-6(2-4)11-7(13)3-12-8/h1-2H,3H2,(H,11,13). The second kappa shape index (κ2) is 3.33. The predicted octanol–water partition coefficient (Wildman–Crippen LogP) is 3.13. The van der Waals surface area contributed by atoms with Crippen LogP contribution in [0, 0.1) is 0 Å². The molecule has 13 heavy (non-hydrogen) atoms. The lowest BCUT2D eigenvalue weighted by Gasteiger charge is -2.20. The fourth-order valence-corrected chi connectivity index (χ4v) is 1.84. The summed E-state index contributed by atoms with van der Waals surface area (Å²) in [4.78, 5) is 0.630. The zero-order chi connectivity index (χ0) is 9.42. The van der Waals surface area contributed by atoms with Gasteiger partial charge in [0.25, 0.3) is 0 Å². The third-order valence-corrected chi connectivity index (χ3v) is 2.35. The summed E-state index contributed by atoms with van der Waals surface area (Å²) in [6.07, 6.45) is 0. The molecule has 1 aliphatic heterocycles. The fourth-order valence-electron chi connectivity index (χ4n) is 1.12. The van der Waals surface area contributed by atoms with E-state index in [0.717, 1.165) is 5.69 Å². The van der Waals surface area contributed by atoms with Crippen LogP contribution in [0.25, 0.3) is 0 Å². The molecule has 1 aliphatic rings. The predicted molar refractivity (Wildman–Crippen MR) is 58.2 cm³/mol. The third kappa shape index (κ3) is 1.73. The Hall–Kier alpha value is -0.510. The van der Waals surface area contributed by atoms with Crippen molar-refractivity contribution in [2.75, 3.05) is 11.9 Å². The van der Waals surface area contributed by atoms with E-state index < -0.39 is 0 Å². The number of ether oxygens (including phenoxy) is 1. The molecule has 0 spiro atoms. The third-order valence-electron chi connectivity index (χ3n) is 1.63. The van der Waals surface area contributed by atoms with Crippen molar-refractivity contribution in [3.63, 3.8) is 0 Å². The zero-order valence-electron chi connectivity index (χ0n) is 6.43. The van der Waals surface area contributed by atoms with Crippen LogP contribution in [0.2, 0.25) is 10.0 Å².